The molecule has 5 heteroatoms. The van der Waals surface area contributed by atoms with Crippen molar-refractivity contribution in [3.8, 4) is 0 Å². The molecule has 19 heavy (non-hydrogen) atoms. The van der Waals surface area contributed by atoms with E-state index < -0.39 is 0 Å². The minimum atomic E-state index is 0.512. The normalized spacial score (nSPS) is 20.8. The summed E-state index contributed by atoms with van der Waals surface area (Å²) in [6.07, 6.45) is 0. The number of fused-ring (bicyclic) bond motifs is 1. The first-order chi connectivity index (χ1) is 9.20. The van der Waals surface area contributed by atoms with Crippen molar-refractivity contribution >= 4 is 16.7 Å². The maximum atomic E-state index is 4.41. The van der Waals surface area contributed by atoms with Crippen LogP contribution in [0.25, 0.3) is 11.0 Å². The average molecular weight is 259 g/mol. The third-order valence-corrected chi connectivity index (χ3v) is 3.61. The average Bonchev–Trinajstić information content (AvgIpc) is 2.75. The van der Waals surface area contributed by atoms with Crippen LogP contribution in [0.3, 0.4) is 0 Å². The quantitative estimate of drug-likeness (QED) is 0.775. The van der Waals surface area contributed by atoms with Crippen LogP contribution in [-0.4, -0.2) is 54.1 Å². The smallest absolute Gasteiger partial charge is 0.104 e. The van der Waals surface area contributed by atoms with E-state index in [0.717, 1.165) is 48.7 Å². The van der Waals surface area contributed by atoms with Crippen molar-refractivity contribution in [1.82, 2.24) is 20.2 Å². The van der Waals surface area contributed by atoms with Crippen LogP contribution in [0, 0.1) is 6.92 Å². The highest BCUT2D eigenvalue weighted by Crippen LogP contribution is 2.17. The molecule has 2 heterocycles. The molecule has 5 nitrogen and oxygen atoms in total. The van der Waals surface area contributed by atoms with E-state index >= 15 is 0 Å². The maximum absolute atomic E-state index is 4.41. The van der Waals surface area contributed by atoms with E-state index in [2.05, 4.69) is 50.7 Å². The summed E-state index contributed by atoms with van der Waals surface area (Å²) in [5.74, 6) is 0.961. The van der Waals surface area contributed by atoms with Gasteiger partial charge in [0.05, 0.1) is 11.0 Å². The highest BCUT2D eigenvalue weighted by Gasteiger charge is 2.15. The zero-order valence-electron chi connectivity index (χ0n) is 11.5. The summed E-state index contributed by atoms with van der Waals surface area (Å²) in [6.45, 7) is 6.23. The molecule has 1 unspecified atom stereocenters. The summed E-state index contributed by atoms with van der Waals surface area (Å²) in [5.41, 5.74) is 3.26. The third kappa shape index (κ3) is 2.88. The van der Waals surface area contributed by atoms with Gasteiger partial charge in [-0.05, 0) is 32.2 Å². The standard InChI is InChI=1S/C14H21N5/c1-10-17-13-4-3-11(7-14(13)18-10)16-8-12-9-19(2)6-5-15-12/h3-4,7,12,15-16H,5-6,8-9H2,1-2H3,(H,17,18). The van der Waals surface area contributed by atoms with Gasteiger partial charge in [0, 0.05) is 37.9 Å². The molecule has 1 aliphatic heterocycles. The first kappa shape index (κ1) is 12.4. The van der Waals surface area contributed by atoms with Crippen LogP contribution in [0.2, 0.25) is 0 Å². The number of H-pyrrole nitrogens is 1. The van der Waals surface area contributed by atoms with Gasteiger partial charge in [-0.15, -0.1) is 0 Å². The molecule has 1 aliphatic rings. The van der Waals surface area contributed by atoms with E-state index in [1.54, 1.807) is 0 Å². The number of hydrogen-bond donors (Lipinski definition) is 3. The molecule has 3 N–H and O–H groups in total. The van der Waals surface area contributed by atoms with Crippen molar-refractivity contribution in [3.05, 3.63) is 24.0 Å². The fourth-order valence-electron chi connectivity index (χ4n) is 2.62. The highest BCUT2D eigenvalue weighted by molar-refractivity contribution is 5.79. The second kappa shape index (κ2) is 5.19. The Bertz CT molecular complexity index is 562. The number of anilines is 1. The number of benzene rings is 1. The highest BCUT2D eigenvalue weighted by atomic mass is 15.2. The lowest BCUT2D eigenvalue weighted by Crippen LogP contribution is -2.51. The summed E-state index contributed by atoms with van der Waals surface area (Å²) in [6, 6.07) is 6.79. The van der Waals surface area contributed by atoms with E-state index in [1.807, 2.05) is 6.92 Å². The molecule has 0 saturated carbocycles. The minimum absolute atomic E-state index is 0.512. The molecule has 0 radical (unpaired) electrons. The van der Waals surface area contributed by atoms with Gasteiger partial charge >= 0.3 is 0 Å². The molecular weight excluding hydrogens is 238 g/mol. The van der Waals surface area contributed by atoms with Crippen LogP contribution < -0.4 is 10.6 Å². The maximum Gasteiger partial charge on any atom is 0.104 e. The fourth-order valence-corrected chi connectivity index (χ4v) is 2.62. The van der Waals surface area contributed by atoms with Crippen LogP contribution in [0.15, 0.2) is 18.2 Å². The van der Waals surface area contributed by atoms with E-state index in [4.69, 9.17) is 0 Å². The molecule has 1 atom stereocenters. The Kier molecular flexibility index (Phi) is 3.40. The van der Waals surface area contributed by atoms with Gasteiger partial charge in [0.2, 0.25) is 0 Å². The number of nitrogens with zero attached hydrogens (tertiary/aromatic N) is 2. The van der Waals surface area contributed by atoms with Gasteiger partial charge in [0.25, 0.3) is 0 Å². The van der Waals surface area contributed by atoms with Gasteiger partial charge < -0.3 is 20.5 Å². The van der Waals surface area contributed by atoms with Gasteiger partial charge in [0.1, 0.15) is 5.82 Å². The lowest BCUT2D eigenvalue weighted by atomic mass is 10.2. The number of aromatic nitrogens is 2. The van der Waals surface area contributed by atoms with Gasteiger partial charge in [-0.3, -0.25) is 0 Å². The Hall–Kier alpha value is -1.59. The zero-order chi connectivity index (χ0) is 13.2. The monoisotopic (exact) mass is 259 g/mol. The van der Waals surface area contributed by atoms with Gasteiger partial charge in [0.15, 0.2) is 0 Å². The minimum Gasteiger partial charge on any atom is -0.383 e. The van der Waals surface area contributed by atoms with Crippen LogP contribution in [0.4, 0.5) is 5.69 Å². The Morgan fingerprint density at radius 3 is 3.21 bits per heavy atom. The summed E-state index contributed by atoms with van der Waals surface area (Å²) in [4.78, 5) is 10.0. The molecule has 102 valence electrons. The van der Waals surface area contributed by atoms with Crippen molar-refractivity contribution in [1.29, 1.82) is 0 Å². The number of piperazine rings is 1. The molecule has 0 spiro atoms. The molecule has 1 aromatic carbocycles. The summed E-state index contributed by atoms with van der Waals surface area (Å²) in [5, 5.41) is 7.04. The number of aryl methyl sites for hydroxylation is 1. The van der Waals surface area contributed by atoms with Crippen molar-refractivity contribution < 1.29 is 0 Å². The van der Waals surface area contributed by atoms with E-state index in [-0.39, 0.29) is 0 Å². The van der Waals surface area contributed by atoms with Crippen molar-refractivity contribution in [2.75, 3.05) is 38.5 Å². The van der Waals surface area contributed by atoms with Crippen molar-refractivity contribution in [2.24, 2.45) is 0 Å². The van der Waals surface area contributed by atoms with Crippen molar-refractivity contribution in [2.45, 2.75) is 13.0 Å². The Balaban J connectivity index is 1.64. The van der Waals surface area contributed by atoms with Crippen LogP contribution in [0.5, 0.6) is 0 Å². The molecule has 0 amide bonds. The van der Waals surface area contributed by atoms with Gasteiger partial charge in [-0.1, -0.05) is 0 Å². The molecule has 3 rings (SSSR count). The number of rotatable bonds is 3. The number of aromatic amines is 1. The fraction of sp³-hybridized carbons (Fsp3) is 0.500. The van der Waals surface area contributed by atoms with E-state index in [1.165, 1.54) is 0 Å². The molecule has 1 saturated heterocycles. The third-order valence-electron chi connectivity index (χ3n) is 3.61. The first-order valence-electron chi connectivity index (χ1n) is 6.83. The number of hydrogen-bond acceptors (Lipinski definition) is 4. The van der Waals surface area contributed by atoms with Crippen LogP contribution in [0.1, 0.15) is 5.82 Å². The molecular formula is C14H21N5. The molecule has 2 aromatic rings. The predicted molar refractivity (Wildman–Crippen MR) is 78.6 cm³/mol. The Morgan fingerprint density at radius 1 is 1.47 bits per heavy atom. The van der Waals surface area contributed by atoms with Gasteiger partial charge in [-0.2, -0.15) is 0 Å². The lowest BCUT2D eigenvalue weighted by Gasteiger charge is -2.31. The molecule has 0 bridgehead atoms. The summed E-state index contributed by atoms with van der Waals surface area (Å²) in [7, 11) is 2.17. The summed E-state index contributed by atoms with van der Waals surface area (Å²) >= 11 is 0. The topological polar surface area (TPSA) is 56.0 Å². The molecule has 1 fully saturated rings. The second-order valence-electron chi connectivity index (χ2n) is 5.35. The lowest BCUT2D eigenvalue weighted by molar-refractivity contribution is 0.244. The largest absolute Gasteiger partial charge is 0.383 e. The number of likely N-dealkylation sites (N-methyl/N-ethyl adjacent to an activating group) is 1. The Labute approximate surface area is 113 Å². The van der Waals surface area contributed by atoms with E-state index in [9.17, 15) is 0 Å². The first-order valence-corrected chi connectivity index (χ1v) is 6.83. The van der Waals surface area contributed by atoms with Crippen LogP contribution >= 0.6 is 0 Å². The predicted octanol–water partition coefficient (Wildman–Crippen LogP) is 1.19. The number of imidazole rings is 1. The molecule has 0 aliphatic carbocycles. The SMILES string of the molecule is Cc1nc2ccc(NCC3CN(C)CCN3)cc2[nH]1. The number of nitrogens with one attached hydrogen (secondary N) is 3. The van der Waals surface area contributed by atoms with E-state index in [0.29, 0.717) is 6.04 Å². The summed E-state index contributed by atoms with van der Waals surface area (Å²) < 4.78 is 0. The van der Waals surface area contributed by atoms with Crippen LogP contribution in [-0.2, 0) is 0 Å². The van der Waals surface area contributed by atoms with Crippen molar-refractivity contribution in [3.63, 3.8) is 0 Å². The zero-order valence-corrected chi connectivity index (χ0v) is 11.5. The van der Waals surface area contributed by atoms with Gasteiger partial charge in [-0.25, -0.2) is 4.98 Å². The Morgan fingerprint density at radius 2 is 2.37 bits per heavy atom. The molecule has 1 aromatic heterocycles. The second-order valence-corrected chi connectivity index (χ2v) is 5.35.